The van der Waals surface area contributed by atoms with Gasteiger partial charge in [-0.25, -0.2) is 12.8 Å². The number of rotatable bonds is 3. The van der Waals surface area contributed by atoms with Gasteiger partial charge in [0.2, 0.25) is 10.0 Å². The summed E-state index contributed by atoms with van der Waals surface area (Å²) in [5.41, 5.74) is 0.189. The average molecular weight is 323 g/mol. The summed E-state index contributed by atoms with van der Waals surface area (Å²) in [7, 11) is -1.78. The number of hydrogen-bond acceptors (Lipinski definition) is 3. The van der Waals surface area contributed by atoms with Crippen LogP contribution in [0.4, 0.5) is 4.39 Å². The van der Waals surface area contributed by atoms with Crippen molar-refractivity contribution in [3.63, 3.8) is 0 Å². The lowest BCUT2D eigenvalue weighted by atomic mass is 10.1. The fraction of sp³-hybridized carbons (Fsp3) is 0.538. The largest absolute Gasteiger partial charge is 0.316 e. The highest BCUT2D eigenvalue weighted by Gasteiger charge is 2.31. The number of sulfonamides is 1. The molecule has 7 heteroatoms. The molecule has 0 aromatic heterocycles. The minimum Gasteiger partial charge on any atom is -0.316 e. The topological polar surface area (TPSA) is 49.4 Å². The maximum absolute atomic E-state index is 13.5. The molecule has 1 heterocycles. The number of halogens is 2. The molecule has 1 aromatic carbocycles. The molecular formula is C13H20ClFN2O2S. The van der Waals surface area contributed by atoms with Crippen LogP contribution in [0.2, 0.25) is 0 Å². The minimum atomic E-state index is -3.60. The Morgan fingerprint density at radius 1 is 1.40 bits per heavy atom. The maximum atomic E-state index is 13.5. The van der Waals surface area contributed by atoms with Crippen LogP contribution in [0.25, 0.3) is 0 Å². The van der Waals surface area contributed by atoms with Crippen molar-refractivity contribution < 1.29 is 12.8 Å². The molecule has 0 radical (unpaired) electrons. The van der Waals surface area contributed by atoms with Crippen molar-refractivity contribution in [2.24, 2.45) is 0 Å². The highest BCUT2D eigenvalue weighted by atomic mass is 35.5. The molecule has 1 unspecified atom stereocenters. The zero-order valence-electron chi connectivity index (χ0n) is 11.6. The van der Waals surface area contributed by atoms with Crippen molar-refractivity contribution in [2.75, 3.05) is 20.1 Å². The molecule has 114 valence electrons. The Balaban J connectivity index is 0.00000200. The highest BCUT2D eigenvalue weighted by Crippen LogP contribution is 2.24. The zero-order valence-corrected chi connectivity index (χ0v) is 13.2. The number of likely N-dealkylation sites (N-methyl/N-ethyl adjacent to an activating group) is 1. The van der Waals surface area contributed by atoms with E-state index in [4.69, 9.17) is 0 Å². The van der Waals surface area contributed by atoms with Crippen molar-refractivity contribution >= 4 is 22.4 Å². The molecule has 1 aromatic rings. The molecule has 2 rings (SSSR count). The maximum Gasteiger partial charge on any atom is 0.243 e. The molecule has 0 spiro atoms. The van der Waals surface area contributed by atoms with Crippen LogP contribution in [-0.4, -0.2) is 38.9 Å². The Bertz CT molecular complexity index is 565. The van der Waals surface area contributed by atoms with Gasteiger partial charge in [0.1, 0.15) is 5.82 Å². The predicted octanol–water partition coefficient (Wildman–Crippen LogP) is 1.93. The van der Waals surface area contributed by atoms with Gasteiger partial charge in [-0.15, -0.1) is 12.4 Å². The summed E-state index contributed by atoms with van der Waals surface area (Å²) in [6.07, 6.45) is 1.78. The second kappa shape index (κ2) is 6.85. The number of hydrogen-bond donors (Lipinski definition) is 1. The highest BCUT2D eigenvalue weighted by molar-refractivity contribution is 7.89. The second-order valence-electron chi connectivity index (χ2n) is 4.85. The van der Waals surface area contributed by atoms with Crippen LogP contribution in [0, 0.1) is 12.7 Å². The second-order valence-corrected chi connectivity index (χ2v) is 6.76. The molecule has 20 heavy (non-hydrogen) atoms. The van der Waals surface area contributed by atoms with Crippen LogP contribution < -0.4 is 5.32 Å². The third-order valence-corrected chi connectivity index (χ3v) is 5.64. The first kappa shape index (κ1) is 17.4. The van der Waals surface area contributed by atoms with E-state index in [0.717, 1.165) is 12.8 Å². The summed E-state index contributed by atoms with van der Waals surface area (Å²) >= 11 is 0. The van der Waals surface area contributed by atoms with Gasteiger partial charge in [-0.2, -0.15) is 4.31 Å². The Kier molecular flexibility index (Phi) is 5.94. The van der Waals surface area contributed by atoms with Gasteiger partial charge in [-0.05, 0) is 38.9 Å². The molecule has 0 saturated carbocycles. The number of piperidine rings is 1. The third-order valence-electron chi connectivity index (χ3n) is 3.63. The van der Waals surface area contributed by atoms with Crippen LogP contribution in [0.1, 0.15) is 18.4 Å². The minimum absolute atomic E-state index is 0. The summed E-state index contributed by atoms with van der Waals surface area (Å²) in [5.74, 6) is -0.483. The number of nitrogens with zero attached hydrogens (tertiary/aromatic N) is 1. The smallest absolute Gasteiger partial charge is 0.243 e. The van der Waals surface area contributed by atoms with Crippen LogP contribution in [0.15, 0.2) is 23.1 Å². The summed E-state index contributed by atoms with van der Waals surface area (Å²) in [6.45, 7) is 2.44. The number of benzene rings is 1. The van der Waals surface area contributed by atoms with Crippen molar-refractivity contribution in [1.29, 1.82) is 0 Å². The third kappa shape index (κ3) is 3.31. The molecule has 0 aliphatic carbocycles. The van der Waals surface area contributed by atoms with Crippen molar-refractivity contribution in [1.82, 2.24) is 9.62 Å². The normalized spacial score (nSPS) is 20.4. The van der Waals surface area contributed by atoms with Gasteiger partial charge in [-0.3, -0.25) is 0 Å². The van der Waals surface area contributed by atoms with E-state index in [-0.39, 0.29) is 28.9 Å². The van der Waals surface area contributed by atoms with Gasteiger partial charge in [0.15, 0.2) is 0 Å². The van der Waals surface area contributed by atoms with Gasteiger partial charge in [0, 0.05) is 24.7 Å². The fourth-order valence-electron chi connectivity index (χ4n) is 2.40. The van der Waals surface area contributed by atoms with E-state index in [2.05, 4.69) is 5.32 Å². The lowest BCUT2D eigenvalue weighted by Crippen LogP contribution is -2.47. The quantitative estimate of drug-likeness (QED) is 0.925. The summed E-state index contributed by atoms with van der Waals surface area (Å²) in [5, 5.41) is 3.10. The molecule has 1 N–H and O–H groups in total. The standard InChI is InChI=1S/C13H19FN2O2S.ClH/c1-10-12(14)6-3-7-13(10)19(17,18)16-8-4-5-11(9-16)15-2;/h3,6-7,11,15H,4-5,8-9H2,1-2H3;1H. The molecule has 4 nitrogen and oxygen atoms in total. The molecule has 0 amide bonds. The van der Waals surface area contributed by atoms with E-state index in [1.807, 2.05) is 7.05 Å². The number of nitrogens with one attached hydrogen (secondary N) is 1. The van der Waals surface area contributed by atoms with Crippen molar-refractivity contribution in [3.8, 4) is 0 Å². The van der Waals surface area contributed by atoms with E-state index in [9.17, 15) is 12.8 Å². The summed E-state index contributed by atoms with van der Waals surface area (Å²) in [4.78, 5) is 0.0734. The molecule has 1 aliphatic heterocycles. The van der Waals surface area contributed by atoms with E-state index in [1.54, 1.807) is 0 Å². The summed E-state index contributed by atoms with van der Waals surface area (Å²) in [6, 6.07) is 4.35. The molecule has 1 saturated heterocycles. The van der Waals surface area contributed by atoms with Crippen LogP contribution in [0.3, 0.4) is 0 Å². The zero-order chi connectivity index (χ0) is 14.0. The van der Waals surface area contributed by atoms with Gasteiger partial charge in [0.25, 0.3) is 0 Å². The Morgan fingerprint density at radius 3 is 2.75 bits per heavy atom. The van der Waals surface area contributed by atoms with E-state index in [0.29, 0.717) is 13.1 Å². The van der Waals surface area contributed by atoms with Crippen molar-refractivity contribution in [3.05, 3.63) is 29.6 Å². The average Bonchev–Trinajstić information content (AvgIpc) is 2.41. The lowest BCUT2D eigenvalue weighted by Gasteiger charge is -2.32. The van der Waals surface area contributed by atoms with Gasteiger partial charge < -0.3 is 5.32 Å². The summed E-state index contributed by atoms with van der Waals surface area (Å²) < 4.78 is 40.1. The lowest BCUT2D eigenvalue weighted by molar-refractivity contribution is 0.292. The van der Waals surface area contributed by atoms with Gasteiger partial charge in [-0.1, -0.05) is 6.07 Å². The fourth-order valence-corrected chi connectivity index (χ4v) is 4.16. The van der Waals surface area contributed by atoms with Crippen molar-refractivity contribution in [2.45, 2.75) is 30.7 Å². The first-order chi connectivity index (χ1) is 8.96. The Hall–Kier alpha value is -0.690. The first-order valence-electron chi connectivity index (χ1n) is 6.39. The molecule has 1 atom stereocenters. The van der Waals surface area contributed by atoms with Gasteiger partial charge in [0.05, 0.1) is 4.90 Å². The SMILES string of the molecule is CNC1CCCN(S(=O)(=O)c2cccc(F)c2C)C1.Cl. The van der Waals surface area contributed by atoms with E-state index < -0.39 is 15.8 Å². The Morgan fingerprint density at radius 2 is 2.10 bits per heavy atom. The van der Waals surface area contributed by atoms with Crippen LogP contribution in [-0.2, 0) is 10.0 Å². The monoisotopic (exact) mass is 322 g/mol. The van der Waals surface area contributed by atoms with E-state index in [1.165, 1.54) is 29.4 Å². The predicted molar refractivity (Wildman–Crippen MR) is 79.2 cm³/mol. The van der Waals surface area contributed by atoms with Crippen LogP contribution in [0.5, 0.6) is 0 Å². The van der Waals surface area contributed by atoms with E-state index >= 15 is 0 Å². The molecule has 1 aliphatic rings. The first-order valence-corrected chi connectivity index (χ1v) is 7.83. The van der Waals surface area contributed by atoms with Gasteiger partial charge >= 0.3 is 0 Å². The Labute approximate surface area is 125 Å². The van der Waals surface area contributed by atoms with Crippen LogP contribution >= 0.6 is 12.4 Å². The molecule has 0 bridgehead atoms. The molecular weight excluding hydrogens is 303 g/mol. The molecule has 1 fully saturated rings.